The van der Waals surface area contributed by atoms with Crippen LogP contribution in [0.2, 0.25) is 0 Å². The zero-order chi connectivity index (χ0) is 10.9. The number of carbonyl (C=O) groups excluding carboxylic acids is 1. The molecule has 0 aliphatic heterocycles. The number of hydrogen-bond acceptors (Lipinski definition) is 3. The number of amides is 1. The van der Waals surface area contributed by atoms with Crippen LogP contribution in [0.3, 0.4) is 0 Å². The first-order valence-corrected chi connectivity index (χ1v) is 5.31. The van der Waals surface area contributed by atoms with Gasteiger partial charge in [0, 0.05) is 0 Å². The van der Waals surface area contributed by atoms with Crippen molar-refractivity contribution in [1.29, 1.82) is 0 Å². The number of rotatable bonds is 2. The molecule has 0 saturated heterocycles. The zero-order valence-corrected chi connectivity index (χ0v) is 8.34. The zero-order valence-electron chi connectivity index (χ0n) is 7.52. The molecule has 14 heavy (non-hydrogen) atoms. The minimum atomic E-state index is -3.90. The van der Waals surface area contributed by atoms with E-state index >= 15 is 0 Å². The van der Waals surface area contributed by atoms with Crippen LogP contribution in [0.15, 0.2) is 23.1 Å². The molecule has 0 atom stereocenters. The lowest BCUT2D eigenvalue weighted by Crippen LogP contribution is -2.21. The van der Waals surface area contributed by atoms with E-state index in [0.717, 1.165) is 0 Å². The van der Waals surface area contributed by atoms with Gasteiger partial charge in [0.15, 0.2) is 0 Å². The monoisotopic (exact) mass is 214 g/mol. The normalized spacial score (nSPS) is 11.3. The van der Waals surface area contributed by atoms with Crippen molar-refractivity contribution in [2.24, 2.45) is 10.9 Å². The summed E-state index contributed by atoms with van der Waals surface area (Å²) in [6.45, 7) is 1.59. The van der Waals surface area contributed by atoms with Gasteiger partial charge in [-0.3, -0.25) is 4.79 Å². The molecule has 0 aliphatic rings. The molecule has 0 bridgehead atoms. The predicted molar refractivity (Wildman–Crippen MR) is 51.1 cm³/mol. The van der Waals surface area contributed by atoms with Gasteiger partial charge in [0.05, 0.1) is 10.5 Å². The van der Waals surface area contributed by atoms with Gasteiger partial charge in [-0.05, 0) is 18.6 Å². The Kier molecular flexibility index (Phi) is 2.59. The standard InChI is InChI=1S/C8H10N2O3S/c1-5-3-2-4-6(14(10,12)13)7(5)8(9)11/h2-4H,1H3,(H2,9,11)(H2,10,12,13). The number of carbonyl (C=O) groups is 1. The molecule has 0 saturated carbocycles. The molecule has 1 aromatic rings. The summed E-state index contributed by atoms with van der Waals surface area (Å²) in [5, 5.41) is 4.93. The summed E-state index contributed by atoms with van der Waals surface area (Å²) < 4.78 is 22.2. The van der Waals surface area contributed by atoms with E-state index in [1.54, 1.807) is 13.0 Å². The summed E-state index contributed by atoms with van der Waals surface area (Å²) in [6.07, 6.45) is 0. The second-order valence-corrected chi connectivity index (χ2v) is 4.39. The van der Waals surface area contributed by atoms with Crippen molar-refractivity contribution in [2.75, 3.05) is 0 Å². The maximum absolute atomic E-state index is 11.1. The summed E-state index contributed by atoms with van der Waals surface area (Å²) in [7, 11) is -3.90. The van der Waals surface area contributed by atoms with Crippen LogP contribution in [-0.4, -0.2) is 14.3 Å². The van der Waals surface area contributed by atoms with Crippen molar-refractivity contribution in [2.45, 2.75) is 11.8 Å². The van der Waals surface area contributed by atoms with Crippen molar-refractivity contribution in [3.8, 4) is 0 Å². The topological polar surface area (TPSA) is 103 Å². The van der Waals surface area contributed by atoms with Crippen LogP contribution < -0.4 is 10.9 Å². The highest BCUT2D eigenvalue weighted by Crippen LogP contribution is 2.17. The van der Waals surface area contributed by atoms with Gasteiger partial charge < -0.3 is 5.73 Å². The third-order valence-electron chi connectivity index (χ3n) is 1.79. The lowest BCUT2D eigenvalue weighted by molar-refractivity contribution is 0.0996. The fourth-order valence-electron chi connectivity index (χ4n) is 1.19. The molecule has 4 N–H and O–H groups in total. The summed E-state index contributed by atoms with van der Waals surface area (Å²) in [5.41, 5.74) is 5.50. The SMILES string of the molecule is Cc1cccc(S(N)(=O)=O)c1C(N)=O. The average molecular weight is 214 g/mol. The van der Waals surface area contributed by atoms with Gasteiger partial charge in [0.2, 0.25) is 15.9 Å². The van der Waals surface area contributed by atoms with Gasteiger partial charge >= 0.3 is 0 Å². The first-order chi connectivity index (χ1) is 6.34. The Labute approximate surface area is 81.8 Å². The Morgan fingerprint density at radius 2 is 1.93 bits per heavy atom. The van der Waals surface area contributed by atoms with Gasteiger partial charge in [-0.2, -0.15) is 0 Å². The van der Waals surface area contributed by atoms with Crippen LogP contribution in [0.1, 0.15) is 15.9 Å². The summed E-state index contributed by atoms with van der Waals surface area (Å²) in [5.74, 6) is -0.799. The maximum atomic E-state index is 11.1. The molecule has 1 amide bonds. The van der Waals surface area contributed by atoms with Gasteiger partial charge in [0.1, 0.15) is 0 Å². The van der Waals surface area contributed by atoms with E-state index < -0.39 is 15.9 Å². The fourth-order valence-corrected chi connectivity index (χ4v) is 2.01. The van der Waals surface area contributed by atoms with Gasteiger partial charge in [0.25, 0.3) is 0 Å². The first kappa shape index (κ1) is 10.7. The van der Waals surface area contributed by atoms with Crippen molar-refractivity contribution in [3.63, 3.8) is 0 Å². The molecule has 1 aromatic carbocycles. The van der Waals surface area contributed by atoms with Crippen molar-refractivity contribution in [3.05, 3.63) is 29.3 Å². The van der Waals surface area contributed by atoms with Crippen molar-refractivity contribution in [1.82, 2.24) is 0 Å². The first-order valence-electron chi connectivity index (χ1n) is 3.76. The molecule has 6 heteroatoms. The third-order valence-corrected chi connectivity index (χ3v) is 2.74. The van der Waals surface area contributed by atoms with E-state index in [1.807, 2.05) is 0 Å². The lowest BCUT2D eigenvalue weighted by atomic mass is 10.1. The highest BCUT2D eigenvalue weighted by molar-refractivity contribution is 7.89. The van der Waals surface area contributed by atoms with Crippen molar-refractivity contribution >= 4 is 15.9 Å². The number of hydrogen-bond donors (Lipinski definition) is 2. The Morgan fingerprint density at radius 1 is 1.36 bits per heavy atom. The molecule has 0 unspecified atom stereocenters. The molecule has 0 aromatic heterocycles. The number of nitrogens with two attached hydrogens (primary N) is 2. The van der Waals surface area contributed by atoms with Gasteiger partial charge in [-0.1, -0.05) is 12.1 Å². The summed E-state index contributed by atoms with van der Waals surface area (Å²) in [6, 6.07) is 4.35. The molecule has 0 radical (unpaired) electrons. The summed E-state index contributed by atoms with van der Waals surface area (Å²) in [4.78, 5) is 10.8. The molecule has 5 nitrogen and oxygen atoms in total. The van der Waals surface area contributed by atoms with Gasteiger partial charge in [-0.25, -0.2) is 13.6 Å². The average Bonchev–Trinajstić information content (AvgIpc) is 2.01. The Balaban J connectivity index is 3.61. The van der Waals surface area contributed by atoms with Crippen LogP contribution in [-0.2, 0) is 10.0 Å². The van der Waals surface area contributed by atoms with E-state index in [0.29, 0.717) is 5.56 Å². The predicted octanol–water partition coefficient (Wildman–Crippen LogP) is -0.259. The number of sulfonamides is 1. The molecule has 0 heterocycles. The summed E-state index contributed by atoms with van der Waals surface area (Å²) >= 11 is 0. The number of primary amides is 1. The minimum absolute atomic E-state index is 0.0463. The Bertz CT molecular complexity index is 479. The molecule has 0 fully saturated rings. The highest BCUT2D eigenvalue weighted by atomic mass is 32.2. The van der Waals surface area contributed by atoms with Crippen LogP contribution in [0, 0.1) is 6.92 Å². The second-order valence-electron chi connectivity index (χ2n) is 2.86. The number of aryl methyl sites for hydroxylation is 1. The second kappa shape index (κ2) is 3.39. The third kappa shape index (κ3) is 1.91. The van der Waals surface area contributed by atoms with E-state index in [4.69, 9.17) is 10.9 Å². The lowest BCUT2D eigenvalue weighted by Gasteiger charge is -2.06. The van der Waals surface area contributed by atoms with Crippen LogP contribution in [0.5, 0.6) is 0 Å². The highest BCUT2D eigenvalue weighted by Gasteiger charge is 2.18. The quantitative estimate of drug-likeness (QED) is 0.708. The van der Waals surface area contributed by atoms with E-state index in [2.05, 4.69) is 0 Å². The van der Waals surface area contributed by atoms with Crippen LogP contribution >= 0.6 is 0 Å². The van der Waals surface area contributed by atoms with E-state index in [-0.39, 0.29) is 10.5 Å². The molecule has 76 valence electrons. The van der Waals surface area contributed by atoms with E-state index in [1.165, 1.54) is 12.1 Å². The van der Waals surface area contributed by atoms with Crippen molar-refractivity contribution < 1.29 is 13.2 Å². The Hall–Kier alpha value is -1.40. The molecule has 1 rings (SSSR count). The van der Waals surface area contributed by atoms with Gasteiger partial charge in [-0.15, -0.1) is 0 Å². The molecular weight excluding hydrogens is 204 g/mol. The fraction of sp³-hybridized carbons (Fsp3) is 0.125. The smallest absolute Gasteiger partial charge is 0.250 e. The number of benzene rings is 1. The Morgan fingerprint density at radius 3 is 2.29 bits per heavy atom. The minimum Gasteiger partial charge on any atom is -0.366 e. The van der Waals surface area contributed by atoms with Crippen LogP contribution in [0.4, 0.5) is 0 Å². The maximum Gasteiger partial charge on any atom is 0.250 e. The van der Waals surface area contributed by atoms with E-state index in [9.17, 15) is 13.2 Å². The molecule has 0 spiro atoms. The van der Waals surface area contributed by atoms with Crippen LogP contribution in [0.25, 0.3) is 0 Å². The molecule has 0 aliphatic carbocycles. The largest absolute Gasteiger partial charge is 0.366 e. The number of primary sulfonamides is 1. The molecular formula is C8H10N2O3S.